The van der Waals surface area contributed by atoms with Crippen LogP contribution in [0, 0.1) is 0 Å². The van der Waals surface area contributed by atoms with E-state index in [0.717, 1.165) is 0 Å². The molecular formula is C12H20N2O4S. The number of hydrogen-bond donors (Lipinski definition) is 1. The summed E-state index contributed by atoms with van der Waals surface area (Å²) in [5.74, 6) is -1.01. The summed E-state index contributed by atoms with van der Waals surface area (Å²) in [6.45, 7) is 7.37. The standard InChI is InChI=1S/C12H20N2O4S/c1-5-19(17,18)7-6-14-8-9(11(15)16)10(13-14)12(2,3)4/h8H,5-7H2,1-4H3,(H,15,16). The maximum atomic E-state index is 11.4. The molecule has 0 bridgehead atoms. The van der Waals surface area contributed by atoms with Gasteiger partial charge in [-0.1, -0.05) is 27.7 Å². The predicted molar refractivity (Wildman–Crippen MR) is 72.2 cm³/mol. The second kappa shape index (κ2) is 5.32. The Morgan fingerprint density at radius 2 is 2.00 bits per heavy atom. The normalized spacial score (nSPS) is 12.6. The molecule has 0 fully saturated rings. The third-order valence-corrected chi connectivity index (χ3v) is 4.46. The predicted octanol–water partition coefficient (Wildman–Crippen LogP) is 1.31. The van der Waals surface area contributed by atoms with Crippen molar-refractivity contribution in [1.82, 2.24) is 9.78 Å². The van der Waals surface area contributed by atoms with Crippen molar-refractivity contribution in [2.45, 2.75) is 39.7 Å². The lowest BCUT2D eigenvalue weighted by atomic mass is 9.90. The van der Waals surface area contributed by atoms with Gasteiger partial charge < -0.3 is 5.11 Å². The molecule has 0 atom stereocenters. The number of aromatic carboxylic acids is 1. The summed E-state index contributed by atoms with van der Waals surface area (Å²) in [5.41, 5.74) is 0.193. The minimum absolute atomic E-state index is 0.0339. The van der Waals surface area contributed by atoms with E-state index in [1.165, 1.54) is 10.9 Å². The number of aromatic nitrogens is 2. The highest BCUT2D eigenvalue weighted by molar-refractivity contribution is 7.91. The molecule has 19 heavy (non-hydrogen) atoms. The molecule has 1 aromatic rings. The van der Waals surface area contributed by atoms with Gasteiger partial charge in [0.25, 0.3) is 0 Å². The van der Waals surface area contributed by atoms with Gasteiger partial charge in [-0.3, -0.25) is 4.68 Å². The van der Waals surface area contributed by atoms with E-state index >= 15 is 0 Å². The first-order valence-electron chi connectivity index (χ1n) is 6.08. The van der Waals surface area contributed by atoms with Crippen molar-refractivity contribution in [3.63, 3.8) is 0 Å². The molecule has 0 saturated carbocycles. The van der Waals surface area contributed by atoms with Crippen molar-refractivity contribution in [1.29, 1.82) is 0 Å². The highest BCUT2D eigenvalue weighted by Crippen LogP contribution is 2.24. The van der Waals surface area contributed by atoms with Crippen LogP contribution in [0.1, 0.15) is 43.7 Å². The molecule has 7 heteroatoms. The maximum absolute atomic E-state index is 11.4. The molecule has 6 nitrogen and oxygen atoms in total. The molecule has 1 heterocycles. The highest BCUT2D eigenvalue weighted by Gasteiger charge is 2.26. The van der Waals surface area contributed by atoms with Crippen LogP contribution in [-0.2, 0) is 21.8 Å². The summed E-state index contributed by atoms with van der Waals surface area (Å²) in [6.07, 6.45) is 1.40. The summed E-state index contributed by atoms with van der Waals surface area (Å²) in [7, 11) is -3.09. The second-order valence-electron chi connectivity index (χ2n) is 5.45. The molecule has 0 amide bonds. The van der Waals surface area contributed by atoms with Crippen LogP contribution < -0.4 is 0 Å². The Labute approximate surface area is 113 Å². The molecule has 0 unspecified atom stereocenters. The summed E-state index contributed by atoms with van der Waals surface area (Å²) in [5, 5.41) is 13.4. The maximum Gasteiger partial charge on any atom is 0.339 e. The molecule has 1 N–H and O–H groups in total. The molecule has 0 saturated heterocycles. The smallest absolute Gasteiger partial charge is 0.339 e. The molecule has 0 aliphatic carbocycles. The van der Waals surface area contributed by atoms with Crippen LogP contribution >= 0.6 is 0 Å². The highest BCUT2D eigenvalue weighted by atomic mass is 32.2. The van der Waals surface area contributed by atoms with E-state index in [-0.39, 0.29) is 23.6 Å². The van der Waals surface area contributed by atoms with Gasteiger partial charge in [-0.05, 0) is 0 Å². The van der Waals surface area contributed by atoms with E-state index in [2.05, 4.69) is 5.10 Å². The molecule has 0 spiro atoms. The average molecular weight is 288 g/mol. The summed E-state index contributed by atoms with van der Waals surface area (Å²) < 4.78 is 24.3. The minimum atomic E-state index is -3.09. The Kier molecular flexibility index (Phi) is 4.39. The molecule has 1 rings (SSSR count). The van der Waals surface area contributed by atoms with Crippen molar-refractivity contribution >= 4 is 15.8 Å². The Morgan fingerprint density at radius 1 is 1.42 bits per heavy atom. The summed E-state index contributed by atoms with van der Waals surface area (Å²) >= 11 is 0. The second-order valence-corrected chi connectivity index (χ2v) is 7.92. The fourth-order valence-corrected chi connectivity index (χ4v) is 2.38. The number of rotatable bonds is 5. The Balaban J connectivity index is 3.03. The molecule has 0 aromatic carbocycles. The molecule has 0 aliphatic heterocycles. The van der Waals surface area contributed by atoms with Crippen molar-refractivity contribution < 1.29 is 18.3 Å². The van der Waals surface area contributed by atoms with Crippen LogP contribution in [0.4, 0.5) is 0 Å². The first-order valence-corrected chi connectivity index (χ1v) is 7.90. The van der Waals surface area contributed by atoms with Crippen LogP contribution in [0.2, 0.25) is 0 Å². The Hall–Kier alpha value is -1.37. The van der Waals surface area contributed by atoms with E-state index < -0.39 is 21.2 Å². The van der Waals surface area contributed by atoms with E-state index in [0.29, 0.717) is 5.69 Å². The van der Waals surface area contributed by atoms with Crippen LogP contribution in [0.5, 0.6) is 0 Å². The number of nitrogens with zero attached hydrogens (tertiary/aromatic N) is 2. The van der Waals surface area contributed by atoms with Gasteiger partial charge in [0, 0.05) is 17.4 Å². The third-order valence-electron chi connectivity index (χ3n) is 2.77. The van der Waals surface area contributed by atoms with E-state index in [9.17, 15) is 13.2 Å². The Morgan fingerprint density at radius 3 is 2.37 bits per heavy atom. The molecule has 0 radical (unpaired) electrons. The minimum Gasteiger partial charge on any atom is -0.478 e. The van der Waals surface area contributed by atoms with Gasteiger partial charge in [-0.2, -0.15) is 5.10 Å². The van der Waals surface area contributed by atoms with Crippen LogP contribution in [0.25, 0.3) is 0 Å². The first-order chi connectivity index (χ1) is 8.57. The third kappa shape index (κ3) is 4.05. The lowest BCUT2D eigenvalue weighted by Crippen LogP contribution is -2.18. The van der Waals surface area contributed by atoms with Crippen LogP contribution in [-0.4, -0.2) is 40.8 Å². The quantitative estimate of drug-likeness (QED) is 0.882. The molecular weight excluding hydrogens is 268 g/mol. The molecule has 0 aliphatic rings. The molecule has 108 valence electrons. The zero-order valence-corrected chi connectivity index (χ0v) is 12.5. The van der Waals surface area contributed by atoms with Crippen LogP contribution in [0.15, 0.2) is 6.20 Å². The van der Waals surface area contributed by atoms with Crippen molar-refractivity contribution in [3.05, 3.63) is 17.5 Å². The van der Waals surface area contributed by atoms with Gasteiger partial charge in [-0.15, -0.1) is 0 Å². The van der Waals surface area contributed by atoms with E-state index in [1.54, 1.807) is 6.92 Å². The number of sulfone groups is 1. The topological polar surface area (TPSA) is 89.3 Å². The lowest BCUT2D eigenvalue weighted by Gasteiger charge is -2.15. The largest absolute Gasteiger partial charge is 0.478 e. The fraction of sp³-hybridized carbons (Fsp3) is 0.667. The lowest BCUT2D eigenvalue weighted by molar-refractivity contribution is 0.0694. The number of carboxylic acids is 1. The van der Waals surface area contributed by atoms with Gasteiger partial charge in [0.1, 0.15) is 5.56 Å². The van der Waals surface area contributed by atoms with Gasteiger partial charge in [0.2, 0.25) is 0 Å². The molecule has 1 aromatic heterocycles. The number of carboxylic acid groups (broad SMARTS) is 1. The Bertz CT molecular complexity index is 567. The van der Waals surface area contributed by atoms with Gasteiger partial charge in [0.05, 0.1) is 18.0 Å². The SMILES string of the molecule is CCS(=O)(=O)CCn1cc(C(=O)O)c(C(C)(C)C)n1. The zero-order chi connectivity index (χ0) is 14.8. The van der Waals surface area contributed by atoms with Gasteiger partial charge in [-0.25, -0.2) is 13.2 Å². The van der Waals surface area contributed by atoms with Crippen molar-refractivity contribution in [3.8, 4) is 0 Å². The first kappa shape index (κ1) is 15.7. The van der Waals surface area contributed by atoms with Gasteiger partial charge >= 0.3 is 5.97 Å². The van der Waals surface area contributed by atoms with Gasteiger partial charge in [0.15, 0.2) is 9.84 Å². The average Bonchev–Trinajstić information content (AvgIpc) is 2.70. The van der Waals surface area contributed by atoms with Crippen molar-refractivity contribution in [2.24, 2.45) is 0 Å². The summed E-state index contributed by atoms with van der Waals surface area (Å²) in [4.78, 5) is 11.2. The zero-order valence-electron chi connectivity index (χ0n) is 11.7. The van der Waals surface area contributed by atoms with Crippen LogP contribution in [0.3, 0.4) is 0 Å². The number of aryl methyl sites for hydroxylation is 1. The van der Waals surface area contributed by atoms with Crippen molar-refractivity contribution in [2.75, 3.05) is 11.5 Å². The summed E-state index contributed by atoms with van der Waals surface area (Å²) in [6, 6.07) is 0. The fourth-order valence-electron chi connectivity index (χ4n) is 1.62. The number of carbonyl (C=O) groups is 1. The van der Waals surface area contributed by atoms with E-state index in [1.807, 2.05) is 20.8 Å². The van der Waals surface area contributed by atoms with E-state index in [4.69, 9.17) is 5.11 Å². The number of hydrogen-bond acceptors (Lipinski definition) is 4. The monoisotopic (exact) mass is 288 g/mol.